The van der Waals surface area contributed by atoms with E-state index in [-0.39, 0.29) is 18.0 Å². The van der Waals surface area contributed by atoms with E-state index in [0.717, 1.165) is 10.7 Å². The third kappa shape index (κ3) is 3.60. The zero-order chi connectivity index (χ0) is 13.9. The van der Waals surface area contributed by atoms with Crippen LogP contribution in [-0.2, 0) is 23.2 Å². The molecule has 1 aromatic heterocycles. The molecule has 2 N–H and O–H groups in total. The first-order valence-electron chi connectivity index (χ1n) is 5.62. The third-order valence-corrected chi connectivity index (χ3v) is 4.88. The van der Waals surface area contributed by atoms with Gasteiger partial charge >= 0.3 is 0 Å². The van der Waals surface area contributed by atoms with Gasteiger partial charge < -0.3 is 5.11 Å². The largest absolute Gasteiger partial charge is 0.392 e. The minimum absolute atomic E-state index is 0.105. The maximum absolute atomic E-state index is 12.0. The van der Waals surface area contributed by atoms with Gasteiger partial charge in [-0.05, 0) is 24.6 Å². The number of nitrogens with one attached hydrogen (secondary N) is 1. The summed E-state index contributed by atoms with van der Waals surface area (Å²) in [4.78, 5) is 4.37. The molecule has 102 valence electrons. The number of thiazole rings is 1. The van der Waals surface area contributed by atoms with Gasteiger partial charge in [-0.3, -0.25) is 0 Å². The van der Waals surface area contributed by atoms with Crippen LogP contribution in [-0.4, -0.2) is 18.5 Å². The lowest BCUT2D eigenvalue weighted by Gasteiger charge is -2.05. The van der Waals surface area contributed by atoms with Crippen LogP contribution < -0.4 is 4.72 Å². The van der Waals surface area contributed by atoms with Gasteiger partial charge in [-0.25, -0.2) is 18.1 Å². The van der Waals surface area contributed by atoms with Crippen molar-refractivity contribution >= 4 is 21.4 Å². The molecular formula is C12H14N2O3S2. The van der Waals surface area contributed by atoms with Crippen molar-refractivity contribution in [3.05, 3.63) is 45.9 Å². The summed E-state index contributed by atoms with van der Waals surface area (Å²) < 4.78 is 26.5. The second-order valence-electron chi connectivity index (χ2n) is 4.01. The van der Waals surface area contributed by atoms with Crippen LogP contribution in [0.4, 0.5) is 0 Å². The van der Waals surface area contributed by atoms with Crippen LogP contribution in [0.5, 0.6) is 0 Å². The Morgan fingerprint density at radius 1 is 1.32 bits per heavy atom. The van der Waals surface area contributed by atoms with Crippen LogP contribution in [0.2, 0.25) is 0 Å². The monoisotopic (exact) mass is 298 g/mol. The Bertz CT molecular complexity index is 648. The van der Waals surface area contributed by atoms with E-state index in [0.29, 0.717) is 5.56 Å². The number of sulfonamides is 1. The summed E-state index contributed by atoms with van der Waals surface area (Å²) in [5, 5.41) is 11.5. The molecule has 0 atom stereocenters. The van der Waals surface area contributed by atoms with Gasteiger partial charge in [0.15, 0.2) is 0 Å². The van der Waals surface area contributed by atoms with Gasteiger partial charge in [-0.2, -0.15) is 0 Å². The molecule has 0 fully saturated rings. The van der Waals surface area contributed by atoms with E-state index in [1.165, 1.54) is 23.5 Å². The zero-order valence-corrected chi connectivity index (χ0v) is 12.0. The molecule has 0 aliphatic heterocycles. The molecule has 2 aromatic rings. The highest BCUT2D eigenvalue weighted by Gasteiger charge is 2.14. The molecule has 0 saturated carbocycles. The standard InChI is InChI=1S/C12H14N2O3S2/c1-9-8-18-12(14-9)6-13-19(16,17)11-4-2-10(7-15)3-5-11/h2-5,8,13,15H,6-7H2,1H3. The molecule has 7 heteroatoms. The van der Waals surface area contributed by atoms with E-state index in [9.17, 15) is 8.42 Å². The summed E-state index contributed by atoms with van der Waals surface area (Å²) in [6.07, 6.45) is 0. The van der Waals surface area contributed by atoms with Gasteiger partial charge in [-0.1, -0.05) is 12.1 Å². The van der Waals surface area contributed by atoms with E-state index in [2.05, 4.69) is 9.71 Å². The summed E-state index contributed by atoms with van der Waals surface area (Å²) in [5.74, 6) is 0. The van der Waals surface area contributed by atoms with Crippen molar-refractivity contribution in [2.45, 2.75) is 25.0 Å². The van der Waals surface area contributed by atoms with Crippen molar-refractivity contribution in [2.75, 3.05) is 0 Å². The molecule has 1 aromatic carbocycles. The van der Waals surface area contributed by atoms with Gasteiger partial charge in [0.1, 0.15) is 5.01 Å². The number of aryl methyl sites for hydroxylation is 1. The Morgan fingerprint density at radius 2 is 2.00 bits per heavy atom. The SMILES string of the molecule is Cc1csc(CNS(=O)(=O)c2ccc(CO)cc2)n1. The van der Waals surface area contributed by atoms with Gasteiger partial charge in [-0.15, -0.1) is 11.3 Å². The number of aromatic nitrogens is 1. The highest BCUT2D eigenvalue weighted by Crippen LogP contribution is 2.13. The number of aliphatic hydroxyl groups is 1. The fraction of sp³-hybridized carbons (Fsp3) is 0.250. The molecule has 1 heterocycles. The van der Waals surface area contributed by atoms with E-state index in [4.69, 9.17) is 5.11 Å². The fourth-order valence-corrected chi connectivity index (χ4v) is 3.29. The molecule has 0 aliphatic rings. The number of benzene rings is 1. The molecule has 0 amide bonds. The number of rotatable bonds is 5. The normalized spacial score (nSPS) is 11.7. The van der Waals surface area contributed by atoms with Crippen molar-refractivity contribution < 1.29 is 13.5 Å². The maximum atomic E-state index is 12.0. The number of hydrogen-bond donors (Lipinski definition) is 2. The minimum atomic E-state index is -3.54. The van der Waals surface area contributed by atoms with Crippen molar-refractivity contribution in [2.24, 2.45) is 0 Å². The van der Waals surface area contributed by atoms with E-state index >= 15 is 0 Å². The Labute approximate surface area is 116 Å². The molecule has 19 heavy (non-hydrogen) atoms. The second kappa shape index (κ2) is 5.79. The highest BCUT2D eigenvalue weighted by molar-refractivity contribution is 7.89. The molecule has 0 bridgehead atoms. The maximum Gasteiger partial charge on any atom is 0.240 e. The van der Waals surface area contributed by atoms with Crippen molar-refractivity contribution in [1.29, 1.82) is 0 Å². The zero-order valence-electron chi connectivity index (χ0n) is 10.3. The van der Waals surface area contributed by atoms with Crippen LogP contribution in [0.1, 0.15) is 16.3 Å². The van der Waals surface area contributed by atoms with Crippen LogP contribution in [0.25, 0.3) is 0 Å². The molecule has 0 aliphatic carbocycles. The topological polar surface area (TPSA) is 79.3 Å². The van der Waals surface area contributed by atoms with Gasteiger partial charge in [0.2, 0.25) is 10.0 Å². The molecule has 0 radical (unpaired) electrons. The Kier molecular flexibility index (Phi) is 4.31. The van der Waals surface area contributed by atoms with E-state index in [1.54, 1.807) is 12.1 Å². The number of hydrogen-bond acceptors (Lipinski definition) is 5. The average molecular weight is 298 g/mol. The van der Waals surface area contributed by atoms with Gasteiger partial charge in [0, 0.05) is 11.1 Å². The lowest BCUT2D eigenvalue weighted by Crippen LogP contribution is -2.23. The van der Waals surface area contributed by atoms with Crippen molar-refractivity contribution in [1.82, 2.24) is 9.71 Å². The van der Waals surface area contributed by atoms with E-state index in [1.807, 2.05) is 12.3 Å². The first kappa shape index (κ1) is 14.1. The molecular weight excluding hydrogens is 284 g/mol. The van der Waals surface area contributed by atoms with Gasteiger partial charge in [0.25, 0.3) is 0 Å². The summed E-state index contributed by atoms with van der Waals surface area (Å²) in [6, 6.07) is 6.12. The van der Waals surface area contributed by atoms with E-state index < -0.39 is 10.0 Å². The smallest absolute Gasteiger partial charge is 0.240 e. The summed E-state index contributed by atoms with van der Waals surface area (Å²) in [6.45, 7) is 1.94. The number of nitrogens with zero attached hydrogens (tertiary/aromatic N) is 1. The summed E-state index contributed by atoms with van der Waals surface area (Å²) >= 11 is 1.42. The Morgan fingerprint density at radius 3 is 2.53 bits per heavy atom. The lowest BCUT2D eigenvalue weighted by molar-refractivity contribution is 0.282. The van der Waals surface area contributed by atoms with Crippen LogP contribution in [0, 0.1) is 6.92 Å². The molecule has 0 spiro atoms. The minimum Gasteiger partial charge on any atom is -0.392 e. The molecule has 0 saturated heterocycles. The lowest BCUT2D eigenvalue weighted by atomic mass is 10.2. The second-order valence-corrected chi connectivity index (χ2v) is 6.72. The Balaban J connectivity index is 2.09. The summed E-state index contributed by atoms with van der Waals surface area (Å²) in [5.41, 5.74) is 1.56. The first-order valence-corrected chi connectivity index (χ1v) is 7.98. The van der Waals surface area contributed by atoms with Crippen LogP contribution >= 0.6 is 11.3 Å². The van der Waals surface area contributed by atoms with Crippen LogP contribution in [0.3, 0.4) is 0 Å². The number of aliphatic hydroxyl groups excluding tert-OH is 1. The quantitative estimate of drug-likeness (QED) is 0.875. The fourth-order valence-electron chi connectivity index (χ4n) is 1.50. The average Bonchev–Trinajstić information content (AvgIpc) is 2.82. The predicted octanol–water partition coefficient (Wildman–Crippen LogP) is 1.42. The molecule has 2 rings (SSSR count). The summed E-state index contributed by atoms with van der Waals surface area (Å²) in [7, 11) is -3.54. The molecule has 0 unspecified atom stereocenters. The predicted molar refractivity (Wildman–Crippen MR) is 73.2 cm³/mol. The first-order chi connectivity index (χ1) is 9.01. The third-order valence-electron chi connectivity index (χ3n) is 2.50. The van der Waals surface area contributed by atoms with Gasteiger partial charge in [0.05, 0.1) is 18.0 Å². The molecule has 5 nitrogen and oxygen atoms in total. The van der Waals surface area contributed by atoms with Crippen molar-refractivity contribution in [3.63, 3.8) is 0 Å². The van der Waals surface area contributed by atoms with Crippen molar-refractivity contribution in [3.8, 4) is 0 Å². The van der Waals surface area contributed by atoms with Crippen LogP contribution in [0.15, 0.2) is 34.5 Å². The Hall–Kier alpha value is -1.28. The highest BCUT2D eigenvalue weighted by atomic mass is 32.2.